The number of hydrogen-bond acceptors (Lipinski definition) is 4. The summed E-state index contributed by atoms with van der Waals surface area (Å²) in [5.41, 5.74) is 1.31. The summed E-state index contributed by atoms with van der Waals surface area (Å²) in [7, 11) is 0. The minimum Gasteiger partial charge on any atom is -0.334 e. The van der Waals surface area contributed by atoms with Crippen LogP contribution in [0.3, 0.4) is 0 Å². The summed E-state index contributed by atoms with van der Waals surface area (Å²) in [5.74, 6) is -0.449. The fourth-order valence-corrected chi connectivity index (χ4v) is 3.04. The maximum absolute atomic E-state index is 12.8. The maximum Gasteiger partial charge on any atom is 0.433 e. The van der Waals surface area contributed by atoms with Gasteiger partial charge in [0.1, 0.15) is 5.69 Å². The Kier molecular flexibility index (Phi) is 3.82. The molecule has 132 valence electrons. The van der Waals surface area contributed by atoms with E-state index in [4.69, 9.17) is 0 Å². The summed E-state index contributed by atoms with van der Waals surface area (Å²) in [6.45, 7) is 0.691. The number of fused-ring (bicyclic) bond motifs is 2. The van der Waals surface area contributed by atoms with Gasteiger partial charge in [-0.3, -0.25) is 9.78 Å². The van der Waals surface area contributed by atoms with Crippen LogP contribution in [-0.2, 0) is 19.1 Å². The number of aromatic nitrogens is 3. The fourth-order valence-electron chi connectivity index (χ4n) is 3.04. The predicted molar refractivity (Wildman–Crippen MR) is 87.2 cm³/mol. The normalized spacial score (nSPS) is 14.3. The lowest BCUT2D eigenvalue weighted by Crippen LogP contribution is -2.36. The molecule has 1 amide bonds. The zero-order valence-electron chi connectivity index (χ0n) is 13.5. The third-order valence-electron chi connectivity index (χ3n) is 4.32. The third-order valence-corrected chi connectivity index (χ3v) is 4.32. The molecular weight excluding hydrogens is 345 g/mol. The molecule has 0 aromatic carbocycles. The first-order valence-corrected chi connectivity index (χ1v) is 7.98. The summed E-state index contributed by atoms with van der Waals surface area (Å²) >= 11 is 0. The molecule has 3 aromatic heterocycles. The third kappa shape index (κ3) is 2.98. The van der Waals surface area contributed by atoms with Crippen molar-refractivity contribution in [1.82, 2.24) is 19.9 Å². The van der Waals surface area contributed by atoms with Crippen LogP contribution in [0.25, 0.3) is 11.0 Å². The molecule has 1 aliphatic rings. The van der Waals surface area contributed by atoms with Crippen molar-refractivity contribution >= 4 is 16.9 Å². The number of rotatable bonds is 1. The Morgan fingerprint density at radius 2 is 1.96 bits per heavy atom. The molecule has 5 nitrogen and oxygen atoms in total. The second kappa shape index (κ2) is 6.05. The van der Waals surface area contributed by atoms with E-state index in [0.717, 1.165) is 28.9 Å². The van der Waals surface area contributed by atoms with Gasteiger partial charge in [-0.15, -0.1) is 0 Å². The number of carbonyl (C=O) groups excluding carboxylic acids is 1. The molecule has 1 aliphatic heterocycles. The second-order valence-corrected chi connectivity index (χ2v) is 6.05. The molecule has 0 bridgehead atoms. The summed E-state index contributed by atoms with van der Waals surface area (Å²) in [6.07, 6.45) is -1.37. The Morgan fingerprint density at radius 1 is 1.12 bits per heavy atom. The van der Waals surface area contributed by atoms with E-state index in [2.05, 4.69) is 15.0 Å². The molecule has 0 N–H and O–H groups in total. The smallest absolute Gasteiger partial charge is 0.334 e. The largest absolute Gasteiger partial charge is 0.433 e. The number of halogens is 3. The van der Waals surface area contributed by atoms with Crippen molar-refractivity contribution in [3.63, 3.8) is 0 Å². The first kappa shape index (κ1) is 16.4. The number of hydrogen-bond donors (Lipinski definition) is 0. The predicted octanol–water partition coefficient (Wildman–Crippen LogP) is 3.24. The topological polar surface area (TPSA) is 59.0 Å². The highest BCUT2D eigenvalue weighted by Crippen LogP contribution is 2.28. The number of alkyl halides is 3. The first-order valence-electron chi connectivity index (χ1n) is 7.98. The van der Waals surface area contributed by atoms with Crippen LogP contribution in [0.4, 0.5) is 13.2 Å². The Morgan fingerprint density at radius 3 is 2.77 bits per heavy atom. The van der Waals surface area contributed by atoms with Gasteiger partial charge in [0, 0.05) is 48.5 Å². The summed E-state index contributed by atoms with van der Waals surface area (Å²) in [4.78, 5) is 26.2. The van der Waals surface area contributed by atoms with Crippen LogP contribution in [0.2, 0.25) is 0 Å². The highest BCUT2D eigenvalue weighted by Gasteiger charge is 2.33. The highest BCUT2D eigenvalue weighted by atomic mass is 19.4. The van der Waals surface area contributed by atoms with Crippen LogP contribution >= 0.6 is 0 Å². The molecule has 0 fully saturated rings. The fraction of sp³-hybridized carbons (Fsp3) is 0.222. The minimum atomic E-state index is -4.58. The van der Waals surface area contributed by atoms with Crippen LogP contribution in [0, 0.1) is 0 Å². The van der Waals surface area contributed by atoms with E-state index in [0.29, 0.717) is 25.2 Å². The molecule has 0 aliphatic carbocycles. The number of pyridine rings is 3. The van der Waals surface area contributed by atoms with Crippen LogP contribution in [0.5, 0.6) is 0 Å². The number of amides is 1. The van der Waals surface area contributed by atoms with E-state index in [1.807, 2.05) is 12.1 Å². The standard InChI is InChI=1S/C18H13F3N4O/c19-18(20,21)15-9-12(3-6-22-15)17(26)25-7-4-14-13(10-25)8-11-2-1-5-23-16(11)24-14/h1-3,5-6,8-9H,4,7,10H2. The molecule has 26 heavy (non-hydrogen) atoms. The van der Waals surface area contributed by atoms with Crippen molar-refractivity contribution < 1.29 is 18.0 Å². The Labute approximate surface area is 146 Å². The van der Waals surface area contributed by atoms with Gasteiger partial charge in [0.25, 0.3) is 5.91 Å². The van der Waals surface area contributed by atoms with Crippen LogP contribution in [0.15, 0.2) is 42.7 Å². The molecule has 8 heteroatoms. The van der Waals surface area contributed by atoms with Gasteiger partial charge in [-0.05, 0) is 35.9 Å². The van der Waals surface area contributed by atoms with Crippen molar-refractivity contribution in [2.45, 2.75) is 19.1 Å². The van der Waals surface area contributed by atoms with Crippen molar-refractivity contribution in [3.8, 4) is 0 Å². The van der Waals surface area contributed by atoms with Gasteiger partial charge in [-0.2, -0.15) is 13.2 Å². The van der Waals surface area contributed by atoms with Gasteiger partial charge in [0.15, 0.2) is 5.65 Å². The van der Waals surface area contributed by atoms with Crippen LogP contribution < -0.4 is 0 Å². The van der Waals surface area contributed by atoms with Gasteiger partial charge in [-0.1, -0.05) is 0 Å². The van der Waals surface area contributed by atoms with E-state index in [-0.39, 0.29) is 5.56 Å². The molecule has 3 aromatic rings. The second-order valence-electron chi connectivity index (χ2n) is 6.05. The van der Waals surface area contributed by atoms with Crippen molar-refractivity contribution in [1.29, 1.82) is 0 Å². The van der Waals surface area contributed by atoms with Crippen LogP contribution in [-0.4, -0.2) is 32.3 Å². The molecule has 0 atom stereocenters. The van der Waals surface area contributed by atoms with Gasteiger partial charge in [-0.25, -0.2) is 9.97 Å². The summed E-state index contributed by atoms with van der Waals surface area (Å²) in [6, 6.07) is 7.71. The highest BCUT2D eigenvalue weighted by molar-refractivity contribution is 5.94. The average Bonchev–Trinajstić information content (AvgIpc) is 2.64. The van der Waals surface area contributed by atoms with Crippen molar-refractivity contribution in [3.05, 3.63) is 65.2 Å². The molecular formula is C18H13F3N4O. The zero-order valence-corrected chi connectivity index (χ0v) is 13.5. The molecule has 0 unspecified atom stereocenters. The summed E-state index contributed by atoms with van der Waals surface area (Å²) in [5, 5.41) is 0.865. The van der Waals surface area contributed by atoms with E-state index in [1.54, 1.807) is 12.3 Å². The summed E-state index contributed by atoms with van der Waals surface area (Å²) < 4.78 is 38.5. The zero-order chi connectivity index (χ0) is 18.3. The molecule has 4 rings (SSSR count). The number of nitrogens with zero attached hydrogens (tertiary/aromatic N) is 4. The van der Waals surface area contributed by atoms with Gasteiger partial charge < -0.3 is 4.90 Å². The molecule has 0 spiro atoms. The number of carbonyl (C=O) groups is 1. The lowest BCUT2D eigenvalue weighted by atomic mass is 10.0. The first-order chi connectivity index (χ1) is 12.4. The Balaban J connectivity index is 1.62. The monoisotopic (exact) mass is 358 g/mol. The SMILES string of the molecule is O=C(c1ccnc(C(F)(F)F)c1)N1CCc2nc3ncccc3cc2C1. The molecule has 4 heterocycles. The van der Waals surface area contributed by atoms with E-state index >= 15 is 0 Å². The molecule has 0 radical (unpaired) electrons. The van der Waals surface area contributed by atoms with Gasteiger partial charge in [0.05, 0.1) is 0 Å². The van der Waals surface area contributed by atoms with Crippen LogP contribution in [0.1, 0.15) is 27.3 Å². The minimum absolute atomic E-state index is 0.0220. The molecule has 0 saturated heterocycles. The van der Waals surface area contributed by atoms with E-state index in [9.17, 15) is 18.0 Å². The van der Waals surface area contributed by atoms with E-state index < -0.39 is 17.8 Å². The van der Waals surface area contributed by atoms with Gasteiger partial charge >= 0.3 is 6.18 Å². The maximum atomic E-state index is 12.8. The van der Waals surface area contributed by atoms with Crippen molar-refractivity contribution in [2.24, 2.45) is 0 Å². The Bertz CT molecular complexity index is 1000. The lowest BCUT2D eigenvalue weighted by Gasteiger charge is -2.28. The molecule has 0 saturated carbocycles. The van der Waals surface area contributed by atoms with E-state index in [1.165, 1.54) is 11.0 Å². The Hall–Kier alpha value is -3.03. The van der Waals surface area contributed by atoms with Gasteiger partial charge in [0.2, 0.25) is 0 Å². The van der Waals surface area contributed by atoms with Crippen molar-refractivity contribution in [2.75, 3.05) is 6.54 Å². The lowest BCUT2D eigenvalue weighted by molar-refractivity contribution is -0.141. The quantitative estimate of drug-likeness (QED) is 0.670. The average molecular weight is 358 g/mol.